The van der Waals surface area contributed by atoms with Crippen LogP contribution in [0.2, 0.25) is 5.02 Å². The quantitative estimate of drug-likeness (QED) is 0.477. The molecule has 0 unspecified atom stereocenters. The van der Waals surface area contributed by atoms with Crippen LogP contribution in [0.4, 0.5) is 13.2 Å². The Hall–Kier alpha value is -1.51. The van der Waals surface area contributed by atoms with Crippen molar-refractivity contribution in [2.24, 2.45) is 0 Å². The summed E-state index contributed by atoms with van der Waals surface area (Å²) in [6, 6.07) is 9.46. The molecule has 0 N–H and O–H groups in total. The SMILES string of the molecule is O=S(=O)(Oc1ccc(Cl)c2c1sc1ccccc12)C(F)(F)F. The van der Waals surface area contributed by atoms with Crippen LogP contribution in [0.1, 0.15) is 0 Å². The highest BCUT2D eigenvalue weighted by Gasteiger charge is 2.48. The van der Waals surface area contributed by atoms with Crippen LogP contribution < -0.4 is 4.18 Å². The van der Waals surface area contributed by atoms with Crippen LogP contribution in [0.25, 0.3) is 20.2 Å². The van der Waals surface area contributed by atoms with Gasteiger partial charge in [-0.05, 0) is 18.2 Å². The third-order valence-electron chi connectivity index (χ3n) is 2.92. The lowest BCUT2D eigenvalue weighted by atomic mass is 10.1. The molecular weight excluding hydrogens is 361 g/mol. The summed E-state index contributed by atoms with van der Waals surface area (Å²) in [6.45, 7) is 0. The zero-order valence-electron chi connectivity index (χ0n) is 10.5. The molecule has 0 spiro atoms. The van der Waals surface area contributed by atoms with E-state index in [1.807, 2.05) is 0 Å². The zero-order valence-corrected chi connectivity index (χ0v) is 12.9. The van der Waals surface area contributed by atoms with Crippen molar-refractivity contribution >= 4 is 53.2 Å². The Morgan fingerprint density at radius 2 is 1.77 bits per heavy atom. The normalized spacial score (nSPS) is 12.9. The number of rotatable bonds is 2. The van der Waals surface area contributed by atoms with Gasteiger partial charge in [-0.2, -0.15) is 21.6 Å². The first-order valence-electron chi connectivity index (χ1n) is 5.81. The Labute approximate surface area is 132 Å². The van der Waals surface area contributed by atoms with Gasteiger partial charge in [-0.15, -0.1) is 11.3 Å². The number of alkyl halides is 3. The minimum absolute atomic E-state index is 0.251. The third kappa shape index (κ3) is 2.41. The van der Waals surface area contributed by atoms with Gasteiger partial charge < -0.3 is 4.18 Å². The monoisotopic (exact) mass is 366 g/mol. The van der Waals surface area contributed by atoms with Gasteiger partial charge in [0.05, 0.1) is 9.72 Å². The Kier molecular flexibility index (Phi) is 3.50. The van der Waals surface area contributed by atoms with Gasteiger partial charge in [0, 0.05) is 15.5 Å². The van der Waals surface area contributed by atoms with Crippen LogP contribution in [0.5, 0.6) is 5.75 Å². The molecule has 0 aliphatic carbocycles. The molecule has 3 rings (SSSR count). The predicted octanol–water partition coefficient (Wildman–Crippen LogP) is 4.94. The average Bonchev–Trinajstić information content (AvgIpc) is 2.81. The van der Waals surface area contributed by atoms with E-state index in [1.54, 1.807) is 24.3 Å². The molecule has 0 radical (unpaired) electrons. The molecule has 0 fully saturated rings. The maximum absolute atomic E-state index is 12.5. The summed E-state index contributed by atoms with van der Waals surface area (Å²) in [5.74, 6) is -0.391. The lowest BCUT2D eigenvalue weighted by molar-refractivity contribution is -0.0499. The highest BCUT2D eigenvalue weighted by molar-refractivity contribution is 7.88. The van der Waals surface area contributed by atoms with Crippen LogP contribution in [0.15, 0.2) is 36.4 Å². The summed E-state index contributed by atoms with van der Waals surface area (Å²) >= 11 is 7.20. The lowest BCUT2D eigenvalue weighted by Gasteiger charge is -2.10. The Bertz CT molecular complexity index is 977. The molecule has 0 saturated heterocycles. The first-order chi connectivity index (χ1) is 10.2. The average molecular weight is 367 g/mol. The van der Waals surface area contributed by atoms with Crippen molar-refractivity contribution in [3.05, 3.63) is 41.4 Å². The molecule has 0 aliphatic heterocycles. The fourth-order valence-electron chi connectivity index (χ4n) is 2.00. The van der Waals surface area contributed by atoms with Crippen molar-refractivity contribution in [3.63, 3.8) is 0 Å². The Balaban J connectivity index is 2.26. The highest BCUT2D eigenvalue weighted by atomic mass is 35.5. The van der Waals surface area contributed by atoms with Gasteiger partial charge in [-0.3, -0.25) is 0 Å². The standard InChI is InChI=1S/C13H6ClF3O3S2/c14-8-5-6-9(20-22(18,19)13(15,16)17)12-11(8)7-3-1-2-4-10(7)21-12/h1-6H. The molecule has 0 saturated carbocycles. The van der Waals surface area contributed by atoms with Gasteiger partial charge in [0.15, 0.2) is 5.75 Å². The molecule has 9 heteroatoms. The summed E-state index contributed by atoms with van der Waals surface area (Å²) in [7, 11) is -5.73. The van der Waals surface area contributed by atoms with Crippen LogP contribution in [0.3, 0.4) is 0 Å². The summed E-state index contributed by atoms with van der Waals surface area (Å²) in [5.41, 5.74) is -5.49. The second-order valence-electron chi connectivity index (χ2n) is 4.33. The van der Waals surface area contributed by atoms with Crippen LogP contribution in [0, 0.1) is 0 Å². The van der Waals surface area contributed by atoms with E-state index >= 15 is 0 Å². The van der Waals surface area contributed by atoms with E-state index in [4.69, 9.17) is 11.6 Å². The van der Waals surface area contributed by atoms with Crippen molar-refractivity contribution in [3.8, 4) is 5.75 Å². The number of halogens is 4. The fourth-order valence-corrected chi connectivity index (χ4v) is 4.01. The summed E-state index contributed by atoms with van der Waals surface area (Å²) < 4.78 is 65.1. The number of benzene rings is 2. The molecule has 3 aromatic rings. The summed E-state index contributed by atoms with van der Waals surface area (Å²) in [4.78, 5) is 0. The van der Waals surface area contributed by atoms with E-state index in [-0.39, 0.29) is 4.70 Å². The Morgan fingerprint density at radius 3 is 2.45 bits per heavy atom. The van der Waals surface area contributed by atoms with Crippen molar-refractivity contribution < 1.29 is 25.8 Å². The molecule has 0 aliphatic rings. The number of hydrogen-bond donors (Lipinski definition) is 0. The smallest absolute Gasteiger partial charge is 0.374 e. The minimum Gasteiger partial charge on any atom is -0.374 e. The maximum atomic E-state index is 12.5. The molecule has 22 heavy (non-hydrogen) atoms. The topological polar surface area (TPSA) is 43.4 Å². The van der Waals surface area contributed by atoms with Crippen LogP contribution >= 0.6 is 22.9 Å². The van der Waals surface area contributed by atoms with E-state index in [9.17, 15) is 21.6 Å². The van der Waals surface area contributed by atoms with Gasteiger partial charge >= 0.3 is 15.6 Å². The van der Waals surface area contributed by atoms with Gasteiger partial charge in [0.25, 0.3) is 0 Å². The van der Waals surface area contributed by atoms with E-state index in [0.29, 0.717) is 10.4 Å². The summed E-state index contributed by atoms with van der Waals surface area (Å²) in [6.07, 6.45) is 0. The Morgan fingerprint density at radius 1 is 1.09 bits per heavy atom. The molecule has 1 aromatic heterocycles. The molecule has 0 amide bonds. The van der Waals surface area contributed by atoms with Crippen LogP contribution in [-0.4, -0.2) is 13.9 Å². The number of thiophene rings is 1. The van der Waals surface area contributed by atoms with E-state index in [1.165, 1.54) is 6.07 Å². The van der Waals surface area contributed by atoms with Gasteiger partial charge in [-0.1, -0.05) is 29.8 Å². The second kappa shape index (κ2) is 5.00. The molecule has 1 heterocycles. The molecule has 3 nitrogen and oxygen atoms in total. The second-order valence-corrected chi connectivity index (χ2v) is 7.33. The first-order valence-corrected chi connectivity index (χ1v) is 8.41. The largest absolute Gasteiger partial charge is 0.534 e. The fraction of sp³-hybridized carbons (Fsp3) is 0.0769. The van der Waals surface area contributed by atoms with Crippen molar-refractivity contribution in [2.45, 2.75) is 5.51 Å². The summed E-state index contributed by atoms with van der Waals surface area (Å²) in [5, 5.41) is 1.50. The predicted molar refractivity (Wildman–Crippen MR) is 79.9 cm³/mol. The minimum atomic E-state index is -5.73. The molecule has 0 bridgehead atoms. The maximum Gasteiger partial charge on any atom is 0.534 e. The van der Waals surface area contributed by atoms with Gasteiger partial charge in [-0.25, -0.2) is 0 Å². The number of fused-ring (bicyclic) bond motifs is 3. The molecular formula is C13H6ClF3O3S2. The molecule has 116 valence electrons. The first kappa shape index (κ1) is 15.4. The lowest BCUT2D eigenvalue weighted by Crippen LogP contribution is -2.28. The van der Waals surface area contributed by atoms with Crippen molar-refractivity contribution in [1.29, 1.82) is 0 Å². The van der Waals surface area contributed by atoms with Crippen molar-refractivity contribution in [1.82, 2.24) is 0 Å². The highest BCUT2D eigenvalue weighted by Crippen LogP contribution is 2.43. The van der Waals surface area contributed by atoms with E-state index in [2.05, 4.69) is 4.18 Å². The van der Waals surface area contributed by atoms with Crippen LogP contribution in [-0.2, 0) is 10.1 Å². The van der Waals surface area contributed by atoms with E-state index in [0.717, 1.165) is 27.5 Å². The zero-order chi connectivity index (χ0) is 16.1. The number of hydrogen-bond acceptors (Lipinski definition) is 4. The van der Waals surface area contributed by atoms with Gasteiger partial charge in [0.1, 0.15) is 0 Å². The molecule has 0 atom stereocenters. The van der Waals surface area contributed by atoms with Gasteiger partial charge in [0.2, 0.25) is 0 Å². The third-order valence-corrected chi connectivity index (χ3v) is 5.39. The molecule has 2 aromatic carbocycles. The van der Waals surface area contributed by atoms with E-state index < -0.39 is 21.4 Å². The van der Waals surface area contributed by atoms with Crippen molar-refractivity contribution in [2.75, 3.05) is 0 Å².